The van der Waals surface area contributed by atoms with Crippen LogP contribution in [0, 0.1) is 0 Å². The monoisotopic (exact) mass is 659 g/mol. The highest BCUT2D eigenvalue weighted by molar-refractivity contribution is 7.92. The van der Waals surface area contributed by atoms with E-state index in [1.807, 2.05) is 31.2 Å². The molecule has 0 amide bonds. The van der Waals surface area contributed by atoms with E-state index in [0.29, 0.717) is 17.5 Å². The van der Waals surface area contributed by atoms with Crippen molar-refractivity contribution in [1.29, 1.82) is 0 Å². The Bertz CT molecular complexity index is 2000. The molecule has 47 heavy (non-hydrogen) atoms. The number of benzene rings is 3. The Labute approximate surface area is 271 Å². The molecule has 0 bridgehead atoms. The fourth-order valence-corrected chi connectivity index (χ4v) is 6.05. The first-order valence-corrected chi connectivity index (χ1v) is 16.1. The first kappa shape index (κ1) is 33.1. The number of para-hydroxylation sites is 1. The normalized spacial score (nSPS) is 15.2. The molecule has 1 aromatic heterocycles. The van der Waals surface area contributed by atoms with Crippen LogP contribution in [-0.4, -0.2) is 63.5 Å². The Kier molecular flexibility index (Phi) is 9.87. The molecule has 0 fully saturated rings. The number of aromatic nitrogens is 1. The second kappa shape index (κ2) is 14.0. The number of hydrogen-bond donors (Lipinski definition) is 1. The molecule has 2 unspecified atom stereocenters. The van der Waals surface area contributed by atoms with Gasteiger partial charge in [-0.2, -0.15) is 0 Å². The van der Waals surface area contributed by atoms with Crippen LogP contribution in [0.3, 0.4) is 0 Å². The molecule has 13 heteroatoms. The molecule has 2 atom stereocenters. The van der Waals surface area contributed by atoms with Crippen LogP contribution >= 0.6 is 0 Å². The van der Waals surface area contributed by atoms with Crippen LogP contribution in [0.15, 0.2) is 94.6 Å². The summed E-state index contributed by atoms with van der Waals surface area (Å²) in [5, 5.41) is 4.77. The molecule has 1 N–H and O–H groups in total. The number of carbonyl (C=O) groups excluding carboxylic acids is 3. The summed E-state index contributed by atoms with van der Waals surface area (Å²) in [6, 6.07) is 18.6. The van der Waals surface area contributed by atoms with Crippen molar-refractivity contribution < 1.29 is 41.8 Å². The maximum atomic E-state index is 13.2. The maximum Gasteiger partial charge on any atom is 0.368 e. The quantitative estimate of drug-likeness (QED) is 0.124. The van der Waals surface area contributed by atoms with Crippen LogP contribution in [0.5, 0.6) is 0 Å². The van der Waals surface area contributed by atoms with Crippen molar-refractivity contribution in [2.45, 2.75) is 37.3 Å². The van der Waals surface area contributed by atoms with E-state index < -0.39 is 34.0 Å². The van der Waals surface area contributed by atoms with Crippen LogP contribution in [0.2, 0.25) is 0 Å². The van der Waals surface area contributed by atoms with Crippen molar-refractivity contribution in [1.82, 2.24) is 4.57 Å². The number of methoxy groups -OCH3 is 2. The lowest BCUT2D eigenvalue weighted by Gasteiger charge is -2.12. The van der Waals surface area contributed by atoms with Crippen LogP contribution < -0.4 is 4.72 Å². The molecule has 244 valence electrons. The average Bonchev–Trinajstić information content (AvgIpc) is 3.64. The van der Waals surface area contributed by atoms with Gasteiger partial charge in [-0.1, -0.05) is 41.6 Å². The van der Waals surface area contributed by atoms with E-state index >= 15 is 0 Å². The third kappa shape index (κ3) is 7.26. The van der Waals surface area contributed by atoms with E-state index in [-0.39, 0.29) is 40.1 Å². The average molecular weight is 660 g/mol. The van der Waals surface area contributed by atoms with E-state index in [9.17, 15) is 22.8 Å². The summed E-state index contributed by atoms with van der Waals surface area (Å²) in [6.07, 6.45) is 3.82. The van der Waals surface area contributed by atoms with Crippen LogP contribution in [0.4, 0.5) is 5.69 Å². The Morgan fingerprint density at radius 1 is 1.02 bits per heavy atom. The number of hydrogen-bond acceptors (Lipinski definition) is 10. The molecule has 0 aliphatic carbocycles. The minimum absolute atomic E-state index is 0.0853. The topological polar surface area (TPSA) is 152 Å². The van der Waals surface area contributed by atoms with Gasteiger partial charge in [-0.05, 0) is 56.3 Å². The standard InChI is InChI=1S/C34H33N3O9S/c1-21(43-3)16-17-45-33(39)24-8-7-9-27(18-24)47(41,42)36-26-14-12-23(13-15-26)31-29(34(40)46-35-31)19-25-20-37(22(2)32(38)44-4)30-11-6-5-10-28(25)30/h5-15,18-22,36H,16-17H2,1-4H3. The van der Waals surface area contributed by atoms with Gasteiger partial charge in [0.25, 0.3) is 10.0 Å². The highest BCUT2D eigenvalue weighted by Gasteiger charge is 2.28. The minimum Gasteiger partial charge on any atom is -0.467 e. The van der Waals surface area contributed by atoms with E-state index in [0.717, 1.165) is 10.9 Å². The highest BCUT2D eigenvalue weighted by Crippen LogP contribution is 2.30. The number of oxime groups is 1. The molecule has 2 heterocycles. The zero-order chi connectivity index (χ0) is 33.7. The van der Waals surface area contributed by atoms with Gasteiger partial charge in [-0.15, -0.1) is 0 Å². The van der Waals surface area contributed by atoms with Crippen LogP contribution in [-0.2, 0) is 38.7 Å². The van der Waals surface area contributed by atoms with Gasteiger partial charge >= 0.3 is 17.9 Å². The summed E-state index contributed by atoms with van der Waals surface area (Å²) in [6.45, 7) is 3.70. The minimum atomic E-state index is -4.07. The van der Waals surface area contributed by atoms with Gasteiger partial charge in [0.1, 0.15) is 11.8 Å². The lowest BCUT2D eigenvalue weighted by Crippen LogP contribution is -2.16. The number of rotatable bonds is 12. The number of nitrogens with zero attached hydrogens (tertiary/aromatic N) is 2. The predicted octanol–water partition coefficient (Wildman–Crippen LogP) is 5.10. The predicted molar refractivity (Wildman–Crippen MR) is 174 cm³/mol. The highest BCUT2D eigenvalue weighted by atomic mass is 32.2. The zero-order valence-corrected chi connectivity index (χ0v) is 26.9. The Morgan fingerprint density at radius 2 is 1.77 bits per heavy atom. The molecule has 1 aliphatic rings. The molecule has 0 radical (unpaired) electrons. The zero-order valence-electron chi connectivity index (χ0n) is 26.1. The second-order valence-corrected chi connectivity index (χ2v) is 12.4. The smallest absolute Gasteiger partial charge is 0.368 e. The molecule has 1 aliphatic heterocycles. The summed E-state index contributed by atoms with van der Waals surface area (Å²) in [5.41, 5.74) is 2.73. The molecule has 5 rings (SSSR count). The number of fused-ring (bicyclic) bond motifs is 1. The first-order valence-electron chi connectivity index (χ1n) is 14.6. The number of carbonyl (C=O) groups is 3. The summed E-state index contributed by atoms with van der Waals surface area (Å²) in [4.78, 5) is 42.4. The van der Waals surface area contributed by atoms with Gasteiger partial charge in [0.05, 0.1) is 35.9 Å². The van der Waals surface area contributed by atoms with Gasteiger partial charge in [0.2, 0.25) is 0 Å². The van der Waals surface area contributed by atoms with Gasteiger partial charge in [0.15, 0.2) is 0 Å². The molecule has 0 saturated carbocycles. The molecular weight excluding hydrogens is 626 g/mol. The number of ether oxygens (including phenoxy) is 3. The molecule has 4 aromatic rings. The van der Waals surface area contributed by atoms with Crippen molar-refractivity contribution in [3.63, 3.8) is 0 Å². The summed E-state index contributed by atoms with van der Waals surface area (Å²) < 4.78 is 45.9. The lowest BCUT2D eigenvalue weighted by molar-refractivity contribution is -0.144. The van der Waals surface area contributed by atoms with Crippen molar-refractivity contribution in [2.75, 3.05) is 25.5 Å². The van der Waals surface area contributed by atoms with Gasteiger partial charge in [-0.25, -0.2) is 22.8 Å². The number of sulfonamides is 1. The third-order valence-electron chi connectivity index (χ3n) is 7.68. The van der Waals surface area contributed by atoms with Crippen molar-refractivity contribution in [2.24, 2.45) is 5.16 Å². The van der Waals surface area contributed by atoms with Gasteiger partial charge < -0.3 is 23.6 Å². The van der Waals surface area contributed by atoms with Crippen molar-refractivity contribution in [3.05, 3.63) is 101 Å². The molecule has 12 nitrogen and oxygen atoms in total. The Morgan fingerprint density at radius 3 is 2.49 bits per heavy atom. The maximum absolute atomic E-state index is 13.2. The van der Waals surface area contributed by atoms with Crippen molar-refractivity contribution in [3.8, 4) is 0 Å². The van der Waals surface area contributed by atoms with E-state index in [2.05, 4.69) is 9.88 Å². The van der Waals surface area contributed by atoms with E-state index in [1.54, 1.807) is 43.0 Å². The number of nitrogens with one attached hydrogen (secondary N) is 1. The summed E-state index contributed by atoms with van der Waals surface area (Å²) in [5.74, 6) is -1.72. The van der Waals surface area contributed by atoms with E-state index in [1.165, 1.54) is 43.5 Å². The molecular formula is C34H33N3O9S. The third-order valence-corrected chi connectivity index (χ3v) is 9.06. The molecule has 0 spiro atoms. The van der Waals surface area contributed by atoms with Crippen LogP contribution in [0.25, 0.3) is 17.0 Å². The van der Waals surface area contributed by atoms with E-state index in [4.69, 9.17) is 19.0 Å². The van der Waals surface area contributed by atoms with Gasteiger partial charge in [-0.3, -0.25) is 4.72 Å². The lowest BCUT2D eigenvalue weighted by atomic mass is 10.0. The van der Waals surface area contributed by atoms with Gasteiger partial charge in [0, 0.05) is 47.4 Å². The Hall–Kier alpha value is -5.27. The Balaban J connectivity index is 1.34. The number of esters is 2. The fraction of sp³-hybridized carbons (Fsp3) is 0.235. The molecule has 0 saturated heterocycles. The molecule has 3 aromatic carbocycles. The van der Waals surface area contributed by atoms with Crippen LogP contribution in [0.1, 0.15) is 47.8 Å². The first-order chi connectivity index (χ1) is 22.5. The summed E-state index contributed by atoms with van der Waals surface area (Å²) >= 11 is 0. The fourth-order valence-electron chi connectivity index (χ4n) is 4.94. The number of anilines is 1. The SMILES string of the molecule is COC(=O)C(C)n1cc(C=C2C(=O)ON=C2c2ccc(NS(=O)(=O)c3cccc(C(=O)OCCC(C)OC)c3)cc2)c2ccccc21. The second-order valence-electron chi connectivity index (χ2n) is 10.8. The van der Waals surface area contributed by atoms with Crippen molar-refractivity contribution >= 4 is 56.3 Å². The largest absolute Gasteiger partial charge is 0.467 e. The summed E-state index contributed by atoms with van der Waals surface area (Å²) in [7, 11) is -1.18.